The van der Waals surface area contributed by atoms with Crippen LogP contribution in [-0.4, -0.2) is 34.2 Å². The summed E-state index contributed by atoms with van der Waals surface area (Å²) in [5, 5.41) is 4.46. The predicted molar refractivity (Wildman–Crippen MR) is 164 cm³/mol. The molecular formula is C30H27BrClN3O5S. The number of rotatable bonds is 11. The van der Waals surface area contributed by atoms with E-state index in [1.54, 1.807) is 42.5 Å². The molecule has 8 nitrogen and oxygen atoms in total. The first-order valence-corrected chi connectivity index (χ1v) is 15.0. The van der Waals surface area contributed by atoms with Gasteiger partial charge in [0.05, 0.1) is 28.4 Å². The lowest BCUT2D eigenvalue weighted by Crippen LogP contribution is -2.39. The van der Waals surface area contributed by atoms with Gasteiger partial charge in [-0.3, -0.25) is 9.10 Å². The Morgan fingerprint density at radius 1 is 1.02 bits per heavy atom. The van der Waals surface area contributed by atoms with Gasteiger partial charge in [-0.15, -0.1) is 0 Å². The summed E-state index contributed by atoms with van der Waals surface area (Å²) in [5.41, 5.74) is 5.48. The summed E-state index contributed by atoms with van der Waals surface area (Å²) in [6.07, 6.45) is 1.42. The Bertz CT molecular complexity index is 1630. The quantitative estimate of drug-likeness (QED) is 0.150. The van der Waals surface area contributed by atoms with Crippen LogP contribution in [0.4, 0.5) is 5.69 Å². The molecule has 0 fully saturated rings. The van der Waals surface area contributed by atoms with Crippen molar-refractivity contribution in [3.63, 3.8) is 0 Å². The van der Waals surface area contributed by atoms with E-state index in [1.165, 1.54) is 43.2 Å². The number of aryl methyl sites for hydroxylation is 1. The Balaban J connectivity index is 1.47. The molecular weight excluding hydrogens is 630 g/mol. The number of carbonyl (C=O) groups is 1. The van der Waals surface area contributed by atoms with Crippen LogP contribution in [0.2, 0.25) is 5.02 Å². The number of ether oxygens (including phenoxy) is 2. The minimum Gasteiger partial charge on any atom is -0.493 e. The van der Waals surface area contributed by atoms with Crippen molar-refractivity contribution >= 4 is 55.4 Å². The smallest absolute Gasteiger partial charge is 0.264 e. The number of anilines is 1. The van der Waals surface area contributed by atoms with Crippen molar-refractivity contribution in [2.24, 2.45) is 5.10 Å². The first-order chi connectivity index (χ1) is 19.7. The molecule has 0 atom stereocenters. The normalized spacial score (nSPS) is 11.3. The lowest BCUT2D eigenvalue weighted by molar-refractivity contribution is -0.119. The molecule has 4 aromatic rings. The Hall–Kier alpha value is -3.86. The number of hydrogen-bond donors (Lipinski definition) is 1. The fraction of sp³-hybridized carbons (Fsp3) is 0.133. The third-order valence-electron chi connectivity index (χ3n) is 5.89. The Morgan fingerprint density at radius 2 is 1.71 bits per heavy atom. The molecule has 0 saturated heterocycles. The standard InChI is InChI=1S/C30H27BrClN3O5S/c1-21-8-10-22(11-9-21)20-40-30-27(31)16-23(17-28(30)39-2)18-33-34-29(36)19-35(25-14-12-24(32)13-15-25)41(37,38)26-6-4-3-5-7-26/h3-18H,19-20H2,1-2H3,(H,34,36)/b33-18-. The van der Waals surface area contributed by atoms with Gasteiger partial charge in [-0.1, -0.05) is 59.6 Å². The molecule has 0 bridgehead atoms. The number of carbonyl (C=O) groups excluding carboxylic acids is 1. The summed E-state index contributed by atoms with van der Waals surface area (Å²) in [5.74, 6) is 0.362. The molecule has 0 spiro atoms. The molecule has 41 heavy (non-hydrogen) atoms. The highest BCUT2D eigenvalue weighted by Crippen LogP contribution is 2.37. The summed E-state index contributed by atoms with van der Waals surface area (Å²) in [6.45, 7) is 1.87. The average Bonchev–Trinajstić information content (AvgIpc) is 2.97. The fourth-order valence-electron chi connectivity index (χ4n) is 3.78. The van der Waals surface area contributed by atoms with Gasteiger partial charge >= 0.3 is 0 Å². The molecule has 0 aliphatic heterocycles. The summed E-state index contributed by atoms with van der Waals surface area (Å²) in [4.78, 5) is 12.9. The third kappa shape index (κ3) is 7.87. The molecule has 0 radical (unpaired) electrons. The van der Waals surface area contributed by atoms with Crippen LogP contribution in [0.3, 0.4) is 0 Å². The van der Waals surface area contributed by atoms with Gasteiger partial charge in [0.15, 0.2) is 11.5 Å². The molecule has 11 heteroatoms. The highest BCUT2D eigenvalue weighted by atomic mass is 79.9. The minimum atomic E-state index is -4.05. The van der Waals surface area contributed by atoms with Gasteiger partial charge in [-0.25, -0.2) is 13.8 Å². The van der Waals surface area contributed by atoms with Gasteiger partial charge in [0.25, 0.3) is 15.9 Å². The topological polar surface area (TPSA) is 97.3 Å². The van der Waals surface area contributed by atoms with Gasteiger partial charge in [0, 0.05) is 5.02 Å². The zero-order valence-electron chi connectivity index (χ0n) is 22.3. The molecule has 1 N–H and O–H groups in total. The molecule has 4 aromatic carbocycles. The maximum atomic E-state index is 13.4. The van der Waals surface area contributed by atoms with Gasteiger partial charge in [-0.2, -0.15) is 5.10 Å². The minimum absolute atomic E-state index is 0.0490. The number of nitrogens with zero attached hydrogens (tertiary/aromatic N) is 2. The van der Waals surface area contributed by atoms with E-state index in [2.05, 4.69) is 26.5 Å². The van der Waals surface area contributed by atoms with Crippen LogP contribution < -0.4 is 19.2 Å². The van der Waals surface area contributed by atoms with E-state index in [1.807, 2.05) is 31.2 Å². The molecule has 1 amide bonds. The van der Waals surface area contributed by atoms with E-state index >= 15 is 0 Å². The van der Waals surface area contributed by atoms with Crippen molar-refractivity contribution in [1.29, 1.82) is 0 Å². The maximum absolute atomic E-state index is 13.4. The van der Waals surface area contributed by atoms with Crippen LogP contribution in [0.25, 0.3) is 0 Å². The third-order valence-corrected chi connectivity index (χ3v) is 8.52. The SMILES string of the molecule is COc1cc(/C=N\NC(=O)CN(c2ccc(Cl)cc2)S(=O)(=O)c2ccccc2)cc(Br)c1OCc1ccc(C)cc1. The monoisotopic (exact) mass is 655 g/mol. The van der Waals surface area contributed by atoms with E-state index in [0.29, 0.717) is 33.2 Å². The number of benzene rings is 4. The molecule has 4 rings (SSSR count). The molecule has 0 aliphatic carbocycles. The summed E-state index contributed by atoms with van der Waals surface area (Å²) >= 11 is 9.50. The van der Waals surface area contributed by atoms with E-state index < -0.39 is 22.5 Å². The van der Waals surface area contributed by atoms with E-state index in [0.717, 1.165) is 9.87 Å². The molecule has 0 heterocycles. The van der Waals surface area contributed by atoms with Crippen LogP contribution in [-0.2, 0) is 21.4 Å². The molecule has 0 unspecified atom stereocenters. The summed E-state index contributed by atoms with van der Waals surface area (Å²) < 4.78 is 39.9. The van der Waals surface area contributed by atoms with E-state index in [9.17, 15) is 13.2 Å². The number of halogens is 2. The lowest BCUT2D eigenvalue weighted by atomic mass is 10.2. The highest BCUT2D eigenvalue weighted by molar-refractivity contribution is 9.10. The van der Waals surface area contributed by atoms with Crippen molar-refractivity contribution in [1.82, 2.24) is 5.43 Å². The Labute approximate surface area is 252 Å². The molecule has 212 valence electrons. The zero-order valence-corrected chi connectivity index (χ0v) is 25.4. The first kappa shape index (κ1) is 30.1. The van der Waals surface area contributed by atoms with Crippen molar-refractivity contribution in [3.05, 3.63) is 117 Å². The van der Waals surface area contributed by atoms with Crippen LogP contribution in [0.5, 0.6) is 11.5 Å². The number of amides is 1. The second-order valence-electron chi connectivity index (χ2n) is 8.90. The Kier molecular flexibility index (Phi) is 10.0. The van der Waals surface area contributed by atoms with Gasteiger partial charge in [0.1, 0.15) is 13.2 Å². The van der Waals surface area contributed by atoms with E-state index in [-0.39, 0.29) is 10.6 Å². The molecule has 0 saturated carbocycles. The maximum Gasteiger partial charge on any atom is 0.264 e. The summed E-state index contributed by atoms with van der Waals surface area (Å²) in [6, 6.07) is 25.6. The lowest BCUT2D eigenvalue weighted by Gasteiger charge is -2.23. The first-order valence-electron chi connectivity index (χ1n) is 12.4. The average molecular weight is 657 g/mol. The predicted octanol–water partition coefficient (Wildman–Crippen LogP) is 6.34. The van der Waals surface area contributed by atoms with Crippen molar-refractivity contribution in [2.45, 2.75) is 18.4 Å². The van der Waals surface area contributed by atoms with Crippen molar-refractivity contribution in [3.8, 4) is 11.5 Å². The zero-order chi connectivity index (χ0) is 29.4. The Morgan fingerprint density at radius 3 is 2.37 bits per heavy atom. The van der Waals surface area contributed by atoms with Crippen LogP contribution in [0.1, 0.15) is 16.7 Å². The van der Waals surface area contributed by atoms with Crippen LogP contribution in [0, 0.1) is 6.92 Å². The second-order valence-corrected chi connectivity index (χ2v) is 12.1. The number of sulfonamides is 1. The summed E-state index contributed by atoms with van der Waals surface area (Å²) in [7, 11) is -2.52. The van der Waals surface area contributed by atoms with E-state index in [4.69, 9.17) is 21.1 Å². The second kappa shape index (κ2) is 13.7. The van der Waals surface area contributed by atoms with Gasteiger partial charge < -0.3 is 9.47 Å². The largest absolute Gasteiger partial charge is 0.493 e. The van der Waals surface area contributed by atoms with Crippen LogP contribution >= 0.6 is 27.5 Å². The fourth-order valence-corrected chi connectivity index (χ4v) is 5.92. The number of nitrogens with one attached hydrogen (secondary N) is 1. The highest BCUT2D eigenvalue weighted by Gasteiger charge is 2.27. The van der Waals surface area contributed by atoms with Crippen molar-refractivity contribution < 1.29 is 22.7 Å². The molecule has 0 aromatic heterocycles. The number of methoxy groups -OCH3 is 1. The number of hydrazone groups is 1. The van der Waals surface area contributed by atoms with Crippen LogP contribution in [0.15, 0.2) is 105 Å². The number of hydrogen-bond acceptors (Lipinski definition) is 6. The van der Waals surface area contributed by atoms with Gasteiger partial charge in [-0.05, 0) is 82.5 Å². The van der Waals surface area contributed by atoms with Gasteiger partial charge in [0.2, 0.25) is 0 Å². The van der Waals surface area contributed by atoms with Crippen molar-refractivity contribution in [2.75, 3.05) is 18.0 Å². The molecule has 0 aliphatic rings.